The van der Waals surface area contributed by atoms with Gasteiger partial charge >= 0.3 is 0 Å². The van der Waals surface area contributed by atoms with Gasteiger partial charge in [-0.2, -0.15) is 4.31 Å². The molecule has 9 heteroatoms. The molecular weight excluding hydrogens is 382 g/mol. The first kappa shape index (κ1) is 21.6. The van der Waals surface area contributed by atoms with E-state index in [4.69, 9.17) is 4.74 Å². The van der Waals surface area contributed by atoms with E-state index in [0.717, 1.165) is 10.6 Å². The van der Waals surface area contributed by atoms with Crippen molar-refractivity contribution >= 4 is 21.6 Å². The third kappa shape index (κ3) is 5.20. The van der Waals surface area contributed by atoms with Crippen molar-refractivity contribution in [2.75, 3.05) is 25.0 Å². The summed E-state index contributed by atoms with van der Waals surface area (Å²) in [5, 5.41) is 2.68. The van der Waals surface area contributed by atoms with Gasteiger partial charge in [0.05, 0.1) is 11.5 Å². The minimum Gasteiger partial charge on any atom is -0.494 e. The van der Waals surface area contributed by atoms with Crippen LogP contribution >= 0.6 is 0 Å². The van der Waals surface area contributed by atoms with E-state index in [1.807, 2.05) is 6.92 Å². The second kappa shape index (κ2) is 9.52. The lowest BCUT2D eigenvalue weighted by Gasteiger charge is -2.19. The Hall–Kier alpha value is -2.65. The fourth-order valence-corrected chi connectivity index (χ4v) is 4.13. The van der Waals surface area contributed by atoms with Crippen LogP contribution in [0.1, 0.15) is 20.8 Å². The predicted molar refractivity (Wildman–Crippen MR) is 107 cm³/mol. The molecule has 0 aliphatic carbocycles. The van der Waals surface area contributed by atoms with E-state index in [1.54, 1.807) is 38.1 Å². The normalized spacial score (nSPS) is 11.4. The number of hydrogen-bond acceptors (Lipinski definition) is 5. The predicted octanol–water partition coefficient (Wildman–Crippen LogP) is 1.92. The molecular formula is C19H25N3O5S. The van der Waals surface area contributed by atoms with Gasteiger partial charge in [0, 0.05) is 31.0 Å². The molecule has 0 saturated heterocycles. The van der Waals surface area contributed by atoms with Crippen LogP contribution in [0.25, 0.3) is 0 Å². The number of ether oxygens (including phenoxy) is 1. The molecule has 8 nitrogen and oxygen atoms in total. The molecule has 0 radical (unpaired) electrons. The summed E-state index contributed by atoms with van der Waals surface area (Å²) in [5.74, 6) is 0.245. The van der Waals surface area contributed by atoms with Crippen molar-refractivity contribution < 1.29 is 17.9 Å². The lowest BCUT2D eigenvalue weighted by Crippen LogP contribution is -2.33. The Labute approximate surface area is 164 Å². The number of benzene rings is 1. The van der Waals surface area contributed by atoms with Crippen LogP contribution in [0.4, 0.5) is 5.69 Å². The molecule has 1 N–H and O–H groups in total. The Bertz CT molecular complexity index is 964. The van der Waals surface area contributed by atoms with E-state index >= 15 is 0 Å². The van der Waals surface area contributed by atoms with Crippen LogP contribution in [0.3, 0.4) is 0 Å². The van der Waals surface area contributed by atoms with E-state index in [9.17, 15) is 18.0 Å². The fourth-order valence-electron chi connectivity index (χ4n) is 2.65. The van der Waals surface area contributed by atoms with E-state index in [-0.39, 0.29) is 11.4 Å². The number of anilines is 1. The Morgan fingerprint density at radius 3 is 2.29 bits per heavy atom. The van der Waals surface area contributed by atoms with Gasteiger partial charge < -0.3 is 14.6 Å². The van der Waals surface area contributed by atoms with Crippen LogP contribution in [0.2, 0.25) is 0 Å². The number of nitrogens with one attached hydrogen (secondary N) is 1. The smallest absolute Gasteiger partial charge is 0.251 e. The minimum atomic E-state index is -3.72. The van der Waals surface area contributed by atoms with E-state index in [1.165, 1.54) is 16.6 Å². The maximum Gasteiger partial charge on any atom is 0.251 e. The van der Waals surface area contributed by atoms with Crippen molar-refractivity contribution in [2.45, 2.75) is 32.2 Å². The summed E-state index contributed by atoms with van der Waals surface area (Å²) in [7, 11) is -3.72. The summed E-state index contributed by atoms with van der Waals surface area (Å²) < 4.78 is 32.9. The molecule has 1 amide bonds. The highest BCUT2D eigenvalue weighted by Crippen LogP contribution is 2.16. The van der Waals surface area contributed by atoms with Crippen LogP contribution < -0.4 is 15.6 Å². The number of carbonyl (C=O) groups excluding carboxylic acids is 1. The second-order valence-corrected chi connectivity index (χ2v) is 7.86. The highest BCUT2D eigenvalue weighted by Gasteiger charge is 2.22. The lowest BCUT2D eigenvalue weighted by atomic mass is 10.3. The molecule has 0 aliphatic heterocycles. The summed E-state index contributed by atoms with van der Waals surface area (Å²) in [4.78, 5) is 24.3. The third-order valence-electron chi connectivity index (χ3n) is 4.06. The standard InChI is InChI=1S/C19H25N3O5S/c1-4-22(5-2)28(25,26)17-11-12-19(24)21(13-17)14-18(23)20-15-7-9-16(10-8-15)27-6-3/h7-13H,4-6,14H2,1-3H3,(H,20,23). The lowest BCUT2D eigenvalue weighted by molar-refractivity contribution is -0.116. The van der Waals surface area contributed by atoms with Gasteiger partial charge in [0.15, 0.2) is 0 Å². The summed E-state index contributed by atoms with van der Waals surface area (Å²) in [6.45, 7) is 6.23. The molecule has 0 saturated carbocycles. The van der Waals surface area contributed by atoms with Crippen molar-refractivity contribution in [3.05, 3.63) is 52.9 Å². The number of nitrogens with zero attached hydrogens (tertiary/aromatic N) is 2. The van der Waals surface area contributed by atoms with Crippen molar-refractivity contribution in [2.24, 2.45) is 0 Å². The molecule has 0 atom stereocenters. The number of rotatable bonds is 9. The molecule has 152 valence electrons. The molecule has 2 rings (SSSR count). The maximum atomic E-state index is 12.6. The fraction of sp³-hybridized carbons (Fsp3) is 0.368. The Morgan fingerprint density at radius 1 is 1.07 bits per heavy atom. The molecule has 1 aromatic heterocycles. The average Bonchev–Trinajstić information content (AvgIpc) is 2.66. The van der Waals surface area contributed by atoms with E-state index in [0.29, 0.717) is 31.1 Å². The first-order chi connectivity index (χ1) is 13.3. The Kier molecular flexibility index (Phi) is 7.36. The van der Waals surface area contributed by atoms with Crippen molar-refractivity contribution in [3.8, 4) is 5.75 Å². The Balaban J connectivity index is 2.17. The van der Waals surface area contributed by atoms with Gasteiger partial charge in [0.25, 0.3) is 5.56 Å². The molecule has 1 aromatic carbocycles. The van der Waals surface area contributed by atoms with Crippen LogP contribution in [-0.4, -0.2) is 42.9 Å². The van der Waals surface area contributed by atoms with Gasteiger partial charge in [-0.25, -0.2) is 8.42 Å². The maximum absolute atomic E-state index is 12.6. The van der Waals surface area contributed by atoms with Crippen LogP contribution in [0, 0.1) is 0 Å². The number of amides is 1. The molecule has 0 bridgehead atoms. The Morgan fingerprint density at radius 2 is 1.71 bits per heavy atom. The number of aromatic nitrogens is 1. The molecule has 0 spiro atoms. The second-order valence-electron chi connectivity index (χ2n) is 5.93. The van der Waals surface area contributed by atoms with Gasteiger partial charge in [-0.1, -0.05) is 13.8 Å². The first-order valence-electron chi connectivity index (χ1n) is 9.05. The summed E-state index contributed by atoms with van der Waals surface area (Å²) in [5.41, 5.74) is 0.0914. The molecule has 28 heavy (non-hydrogen) atoms. The van der Waals surface area contributed by atoms with Gasteiger partial charge in [0.2, 0.25) is 15.9 Å². The van der Waals surface area contributed by atoms with E-state index < -0.39 is 21.5 Å². The van der Waals surface area contributed by atoms with Crippen LogP contribution in [0.5, 0.6) is 5.75 Å². The zero-order chi connectivity index (χ0) is 20.7. The van der Waals surface area contributed by atoms with Gasteiger partial charge in [-0.15, -0.1) is 0 Å². The summed E-state index contributed by atoms with van der Waals surface area (Å²) in [6.07, 6.45) is 1.20. The van der Waals surface area contributed by atoms with Crippen LogP contribution in [0.15, 0.2) is 52.3 Å². The van der Waals surface area contributed by atoms with Crippen LogP contribution in [-0.2, 0) is 21.4 Å². The largest absolute Gasteiger partial charge is 0.494 e. The topological polar surface area (TPSA) is 97.7 Å². The van der Waals surface area contributed by atoms with Crippen molar-refractivity contribution in [3.63, 3.8) is 0 Å². The van der Waals surface area contributed by atoms with Gasteiger partial charge in [0.1, 0.15) is 12.3 Å². The summed E-state index contributed by atoms with van der Waals surface area (Å²) >= 11 is 0. The molecule has 0 aliphatic rings. The number of pyridine rings is 1. The monoisotopic (exact) mass is 407 g/mol. The number of hydrogen-bond donors (Lipinski definition) is 1. The third-order valence-corrected chi connectivity index (χ3v) is 6.10. The molecule has 1 heterocycles. The number of sulfonamides is 1. The minimum absolute atomic E-state index is 0.0235. The quantitative estimate of drug-likeness (QED) is 0.685. The zero-order valence-corrected chi connectivity index (χ0v) is 17.0. The number of carbonyl (C=O) groups is 1. The van der Waals surface area contributed by atoms with Gasteiger partial charge in [-0.3, -0.25) is 9.59 Å². The van der Waals surface area contributed by atoms with E-state index in [2.05, 4.69) is 5.32 Å². The molecule has 0 unspecified atom stereocenters. The zero-order valence-electron chi connectivity index (χ0n) is 16.2. The highest BCUT2D eigenvalue weighted by molar-refractivity contribution is 7.89. The van der Waals surface area contributed by atoms with Crippen molar-refractivity contribution in [1.82, 2.24) is 8.87 Å². The summed E-state index contributed by atoms with van der Waals surface area (Å²) in [6, 6.07) is 9.24. The average molecular weight is 407 g/mol. The highest BCUT2D eigenvalue weighted by atomic mass is 32.2. The molecule has 2 aromatic rings. The van der Waals surface area contributed by atoms with Crippen molar-refractivity contribution in [1.29, 1.82) is 0 Å². The van der Waals surface area contributed by atoms with Gasteiger partial charge in [-0.05, 0) is 37.3 Å². The first-order valence-corrected chi connectivity index (χ1v) is 10.5. The molecule has 0 fully saturated rings. The SMILES string of the molecule is CCOc1ccc(NC(=O)Cn2cc(S(=O)(=O)N(CC)CC)ccc2=O)cc1.